The normalized spacial score (nSPS) is 12.5. The van der Waals surface area contributed by atoms with E-state index in [4.69, 9.17) is 11.1 Å². The van der Waals surface area contributed by atoms with E-state index in [1.165, 1.54) is 0 Å². The molecule has 1 unspecified atom stereocenters. The Labute approximate surface area is 113 Å². The molecule has 3 N–H and O–H groups in total. The Morgan fingerprint density at radius 3 is 2.67 bits per heavy atom. The van der Waals surface area contributed by atoms with Crippen molar-refractivity contribution in [1.82, 2.24) is 9.78 Å². The van der Waals surface area contributed by atoms with Gasteiger partial charge in [-0.2, -0.15) is 16.9 Å². The molecule has 1 aromatic rings. The summed E-state index contributed by atoms with van der Waals surface area (Å²) in [5, 5.41) is 12.1. The van der Waals surface area contributed by atoms with Crippen LogP contribution in [0.2, 0.25) is 0 Å². The van der Waals surface area contributed by atoms with E-state index in [9.17, 15) is 0 Å². The summed E-state index contributed by atoms with van der Waals surface area (Å²) in [4.78, 5) is 2.19. The van der Waals surface area contributed by atoms with E-state index in [2.05, 4.69) is 23.2 Å². The zero-order valence-electron chi connectivity index (χ0n) is 11.8. The number of nitrogens with one attached hydrogen (secondary N) is 1. The number of nitrogens with zero attached hydrogens (tertiary/aromatic N) is 3. The SMILES string of the molecule is CCC(CSC)N(C)c1c(C(=N)N)c(C)nn1C. The van der Waals surface area contributed by atoms with E-state index in [1.807, 2.05) is 37.5 Å². The number of nitrogens with two attached hydrogens (primary N) is 1. The number of amidine groups is 1. The molecule has 102 valence electrons. The van der Waals surface area contributed by atoms with Crippen molar-refractivity contribution < 1.29 is 0 Å². The van der Waals surface area contributed by atoms with Gasteiger partial charge in [0.25, 0.3) is 0 Å². The van der Waals surface area contributed by atoms with Crippen LogP contribution in [0.3, 0.4) is 0 Å². The standard InChI is InChI=1S/C12H23N5S/c1-6-9(7-18-5)16(3)12-10(11(13)14)8(2)15-17(12)4/h9H,6-7H2,1-5H3,(H3,13,14). The highest BCUT2D eigenvalue weighted by molar-refractivity contribution is 7.98. The smallest absolute Gasteiger partial charge is 0.137 e. The van der Waals surface area contributed by atoms with Crippen molar-refractivity contribution in [3.63, 3.8) is 0 Å². The van der Waals surface area contributed by atoms with Crippen LogP contribution >= 0.6 is 11.8 Å². The molecular weight excluding hydrogens is 246 g/mol. The van der Waals surface area contributed by atoms with Gasteiger partial charge in [0.05, 0.1) is 11.3 Å². The van der Waals surface area contributed by atoms with Crippen LogP contribution in [0.4, 0.5) is 5.82 Å². The van der Waals surface area contributed by atoms with Crippen LogP contribution in [-0.2, 0) is 7.05 Å². The summed E-state index contributed by atoms with van der Waals surface area (Å²) in [6, 6.07) is 0.424. The molecular formula is C12H23N5S. The third kappa shape index (κ3) is 2.80. The molecule has 0 aliphatic heterocycles. The second kappa shape index (κ2) is 6.13. The Bertz CT molecular complexity index is 426. The van der Waals surface area contributed by atoms with Crippen LogP contribution in [0.15, 0.2) is 0 Å². The minimum atomic E-state index is 0.0847. The number of thioether (sulfide) groups is 1. The molecule has 1 heterocycles. The first kappa shape index (κ1) is 14.9. The molecule has 0 saturated carbocycles. The molecule has 0 aliphatic rings. The van der Waals surface area contributed by atoms with E-state index in [-0.39, 0.29) is 5.84 Å². The summed E-state index contributed by atoms with van der Waals surface area (Å²) >= 11 is 1.83. The van der Waals surface area contributed by atoms with Crippen LogP contribution in [0.25, 0.3) is 0 Å². The van der Waals surface area contributed by atoms with E-state index in [0.29, 0.717) is 6.04 Å². The largest absolute Gasteiger partial charge is 0.384 e. The summed E-state index contributed by atoms with van der Waals surface area (Å²) in [5.74, 6) is 2.07. The Kier molecular flexibility index (Phi) is 5.07. The van der Waals surface area contributed by atoms with E-state index in [1.54, 1.807) is 0 Å². The van der Waals surface area contributed by atoms with Crippen molar-refractivity contribution in [3.8, 4) is 0 Å². The van der Waals surface area contributed by atoms with Crippen LogP contribution in [-0.4, -0.2) is 40.7 Å². The monoisotopic (exact) mass is 269 g/mol. The van der Waals surface area contributed by atoms with E-state index >= 15 is 0 Å². The fourth-order valence-corrected chi connectivity index (χ4v) is 3.08. The highest BCUT2D eigenvalue weighted by Gasteiger charge is 2.23. The molecule has 0 bridgehead atoms. The second-order valence-electron chi connectivity index (χ2n) is 4.45. The molecule has 0 fully saturated rings. The van der Waals surface area contributed by atoms with Crippen LogP contribution in [0.1, 0.15) is 24.6 Å². The predicted molar refractivity (Wildman–Crippen MR) is 79.8 cm³/mol. The molecule has 0 saturated heterocycles. The molecule has 0 spiro atoms. The highest BCUT2D eigenvalue weighted by Crippen LogP contribution is 2.25. The third-order valence-corrected chi connectivity index (χ3v) is 3.89. The number of aryl methyl sites for hydroxylation is 2. The van der Waals surface area contributed by atoms with Gasteiger partial charge in [-0.15, -0.1) is 0 Å². The van der Waals surface area contributed by atoms with Crippen molar-refractivity contribution in [2.45, 2.75) is 26.3 Å². The molecule has 0 aliphatic carbocycles. The average Bonchev–Trinajstić information content (AvgIpc) is 2.60. The first-order valence-electron chi connectivity index (χ1n) is 6.03. The summed E-state index contributed by atoms with van der Waals surface area (Å²) in [5.41, 5.74) is 7.24. The van der Waals surface area contributed by atoms with Crippen molar-refractivity contribution in [2.75, 3.05) is 24.0 Å². The molecule has 1 rings (SSSR count). The predicted octanol–water partition coefficient (Wildman–Crippen LogP) is 1.59. The number of hydrogen-bond acceptors (Lipinski definition) is 4. The topological polar surface area (TPSA) is 70.9 Å². The van der Waals surface area contributed by atoms with Crippen molar-refractivity contribution in [3.05, 3.63) is 11.3 Å². The van der Waals surface area contributed by atoms with Crippen LogP contribution in [0, 0.1) is 12.3 Å². The maximum absolute atomic E-state index is 7.72. The summed E-state index contributed by atoms with van der Waals surface area (Å²) in [6.45, 7) is 4.07. The number of aromatic nitrogens is 2. The van der Waals surface area contributed by atoms with Gasteiger partial charge < -0.3 is 10.6 Å². The Morgan fingerprint density at radius 1 is 1.61 bits per heavy atom. The molecule has 0 amide bonds. The minimum Gasteiger partial charge on any atom is -0.384 e. The minimum absolute atomic E-state index is 0.0847. The lowest BCUT2D eigenvalue weighted by Crippen LogP contribution is -2.36. The van der Waals surface area contributed by atoms with Gasteiger partial charge >= 0.3 is 0 Å². The Morgan fingerprint density at radius 2 is 2.22 bits per heavy atom. The van der Waals surface area contributed by atoms with Crippen molar-refractivity contribution in [2.24, 2.45) is 12.8 Å². The summed E-state index contributed by atoms with van der Waals surface area (Å²) in [6.07, 6.45) is 3.16. The zero-order valence-corrected chi connectivity index (χ0v) is 12.6. The average molecular weight is 269 g/mol. The van der Waals surface area contributed by atoms with Gasteiger partial charge in [-0.25, -0.2) is 0 Å². The molecule has 5 nitrogen and oxygen atoms in total. The zero-order chi connectivity index (χ0) is 13.9. The van der Waals surface area contributed by atoms with Crippen molar-refractivity contribution in [1.29, 1.82) is 5.41 Å². The first-order valence-corrected chi connectivity index (χ1v) is 7.43. The van der Waals surface area contributed by atoms with Gasteiger partial charge in [-0.05, 0) is 19.6 Å². The van der Waals surface area contributed by atoms with Gasteiger partial charge in [0, 0.05) is 25.9 Å². The van der Waals surface area contributed by atoms with Gasteiger partial charge in [-0.3, -0.25) is 10.1 Å². The lowest BCUT2D eigenvalue weighted by Gasteiger charge is -2.29. The summed E-state index contributed by atoms with van der Waals surface area (Å²) in [7, 11) is 3.95. The molecule has 1 aromatic heterocycles. The lowest BCUT2D eigenvalue weighted by atomic mass is 10.1. The summed E-state index contributed by atoms with van der Waals surface area (Å²) < 4.78 is 1.81. The third-order valence-electron chi connectivity index (χ3n) is 3.17. The van der Waals surface area contributed by atoms with E-state index in [0.717, 1.165) is 29.2 Å². The molecule has 1 atom stereocenters. The fraction of sp³-hybridized carbons (Fsp3) is 0.667. The number of hydrogen-bond donors (Lipinski definition) is 2. The Balaban J connectivity index is 3.18. The van der Waals surface area contributed by atoms with Crippen LogP contribution < -0.4 is 10.6 Å². The van der Waals surface area contributed by atoms with E-state index < -0.39 is 0 Å². The number of rotatable bonds is 6. The molecule has 0 aromatic carbocycles. The number of anilines is 1. The first-order chi connectivity index (χ1) is 8.43. The van der Waals surface area contributed by atoms with Gasteiger partial charge in [0.1, 0.15) is 11.7 Å². The second-order valence-corrected chi connectivity index (χ2v) is 5.36. The van der Waals surface area contributed by atoms with Crippen molar-refractivity contribution >= 4 is 23.4 Å². The molecule has 18 heavy (non-hydrogen) atoms. The quantitative estimate of drug-likeness (QED) is 0.608. The maximum atomic E-state index is 7.72. The number of nitrogen functional groups attached to an aromatic ring is 1. The van der Waals surface area contributed by atoms with Crippen LogP contribution in [0.5, 0.6) is 0 Å². The van der Waals surface area contributed by atoms with Gasteiger partial charge in [0.15, 0.2) is 0 Å². The molecule has 6 heteroatoms. The molecule has 0 radical (unpaired) electrons. The highest BCUT2D eigenvalue weighted by atomic mass is 32.2. The van der Waals surface area contributed by atoms with Gasteiger partial charge in [-0.1, -0.05) is 6.92 Å². The fourth-order valence-electron chi connectivity index (χ4n) is 2.23. The lowest BCUT2D eigenvalue weighted by molar-refractivity contribution is 0.636. The van der Waals surface area contributed by atoms with Gasteiger partial charge in [0.2, 0.25) is 0 Å². The Hall–Kier alpha value is -1.17. The maximum Gasteiger partial charge on any atom is 0.137 e.